The number of hydrogen-bond donors (Lipinski definition) is 1. The number of guanidine groups is 1. The van der Waals surface area contributed by atoms with Crippen LogP contribution in [0.2, 0.25) is 0 Å². The van der Waals surface area contributed by atoms with Crippen molar-refractivity contribution in [2.45, 2.75) is 45.4 Å². The van der Waals surface area contributed by atoms with Crippen molar-refractivity contribution in [2.75, 3.05) is 58.9 Å². The molecule has 4 aliphatic rings. The standard InChI is InChI=1S/C21H37N5O/c1-2-22-21(23-15-19(17-5-6-17)18-7-8-18)26-13-11-24(12-14-26)16-20(27)25-9-3-4-10-25/h17-19H,2-16H2,1H3,(H,22,23). The smallest absolute Gasteiger partial charge is 0.236 e. The van der Waals surface area contributed by atoms with E-state index in [1.165, 1.54) is 38.5 Å². The average molecular weight is 376 g/mol. The largest absolute Gasteiger partial charge is 0.357 e. The van der Waals surface area contributed by atoms with Crippen molar-refractivity contribution in [3.8, 4) is 0 Å². The van der Waals surface area contributed by atoms with Gasteiger partial charge in [-0.1, -0.05) is 0 Å². The zero-order chi connectivity index (χ0) is 18.6. The van der Waals surface area contributed by atoms with Gasteiger partial charge in [-0.2, -0.15) is 0 Å². The molecule has 6 heteroatoms. The van der Waals surface area contributed by atoms with Gasteiger partial charge in [0.2, 0.25) is 5.91 Å². The van der Waals surface area contributed by atoms with E-state index < -0.39 is 0 Å². The van der Waals surface area contributed by atoms with Gasteiger partial charge in [0.15, 0.2) is 5.96 Å². The number of piperazine rings is 1. The summed E-state index contributed by atoms with van der Waals surface area (Å²) in [5.41, 5.74) is 0. The van der Waals surface area contributed by atoms with Crippen molar-refractivity contribution in [1.29, 1.82) is 0 Å². The highest BCUT2D eigenvalue weighted by molar-refractivity contribution is 5.80. The van der Waals surface area contributed by atoms with Crippen LogP contribution in [0, 0.1) is 17.8 Å². The van der Waals surface area contributed by atoms with Crippen molar-refractivity contribution in [3.63, 3.8) is 0 Å². The first kappa shape index (κ1) is 19.0. The van der Waals surface area contributed by atoms with E-state index in [2.05, 4.69) is 22.0 Å². The van der Waals surface area contributed by atoms with E-state index in [0.717, 1.165) is 76.1 Å². The summed E-state index contributed by atoms with van der Waals surface area (Å²) in [6.07, 6.45) is 8.05. The molecule has 2 saturated heterocycles. The van der Waals surface area contributed by atoms with Crippen LogP contribution in [-0.4, -0.2) is 85.5 Å². The average Bonchev–Trinajstić information content (AvgIpc) is 3.62. The number of nitrogens with zero attached hydrogens (tertiary/aromatic N) is 4. The normalized spacial score (nSPS) is 24.7. The maximum atomic E-state index is 12.4. The summed E-state index contributed by atoms with van der Waals surface area (Å²) >= 11 is 0. The molecular formula is C21H37N5O. The molecule has 0 aromatic carbocycles. The minimum absolute atomic E-state index is 0.318. The van der Waals surface area contributed by atoms with Crippen molar-refractivity contribution in [3.05, 3.63) is 0 Å². The second kappa shape index (κ2) is 8.80. The Bertz CT molecular complexity index is 517. The predicted molar refractivity (Wildman–Crippen MR) is 109 cm³/mol. The molecule has 4 fully saturated rings. The van der Waals surface area contributed by atoms with Crippen LogP contribution in [0.15, 0.2) is 4.99 Å². The molecule has 2 aliphatic carbocycles. The third-order valence-electron chi connectivity index (χ3n) is 6.73. The van der Waals surface area contributed by atoms with Crippen molar-refractivity contribution in [2.24, 2.45) is 22.7 Å². The summed E-state index contributed by atoms with van der Waals surface area (Å²) in [7, 11) is 0. The van der Waals surface area contributed by atoms with Gasteiger partial charge in [0, 0.05) is 52.4 Å². The van der Waals surface area contributed by atoms with Crippen LogP contribution in [-0.2, 0) is 4.79 Å². The van der Waals surface area contributed by atoms with Crippen molar-refractivity contribution >= 4 is 11.9 Å². The molecule has 4 rings (SSSR count). The lowest BCUT2D eigenvalue weighted by Gasteiger charge is -2.36. The lowest BCUT2D eigenvalue weighted by molar-refractivity contribution is -0.131. The van der Waals surface area contributed by atoms with E-state index in [0.29, 0.717) is 12.5 Å². The molecule has 6 nitrogen and oxygen atoms in total. The number of likely N-dealkylation sites (tertiary alicyclic amines) is 1. The van der Waals surface area contributed by atoms with Gasteiger partial charge in [-0.25, -0.2) is 0 Å². The van der Waals surface area contributed by atoms with Crippen LogP contribution in [0.25, 0.3) is 0 Å². The first-order valence-corrected chi connectivity index (χ1v) is 11.3. The van der Waals surface area contributed by atoms with Crippen LogP contribution in [0.5, 0.6) is 0 Å². The zero-order valence-corrected chi connectivity index (χ0v) is 17.0. The maximum Gasteiger partial charge on any atom is 0.236 e. The van der Waals surface area contributed by atoms with Gasteiger partial charge in [0.25, 0.3) is 0 Å². The van der Waals surface area contributed by atoms with E-state index in [4.69, 9.17) is 4.99 Å². The fourth-order valence-electron chi connectivity index (χ4n) is 4.73. The third kappa shape index (κ3) is 5.15. The molecule has 27 heavy (non-hydrogen) atoms. The molecule has 0 unspecified atom stereocenters. The molecule has 2 heterocycles. The van der Waals surface area contributed by atoms with Crippen molar-refractivity contribution in [1.82, 2.24) is 20.0 Å². The number of carbonyl (C=O) groups is 1. The molecule has 152 valence electrons. The van der Waals surface area contributed by atoms with E-state index in [1.807, 2.05) is 4.90 Å². The minimum Gasteiger partial charge on any atom is -0.357 e. The Labute approximate surface area is 164 Å². The van der Waals surface area contributed by atoms with Crippen LogP contribution < -0.4 is 5.32 Å². The quantitative estimate of drug-likeness (QED) is 0.543. The van der Waals surface area contributed by atoms with Crippen LogP contribution in [0.3, 0.4) is 0 Å². The number of hydrogen-bond acceptors (Lipinski definition) is 3. The van der Waals surface area contributed by atoms with Crippen LogP contribution in [0.1, 0.15) is 45.4 Å². The number of nitrogens with one attached hydrogen (secondary N) is 1. The Morgan fingerprint density at radius 1 is 0.963 bits per heavy atom. The zero-order valence-electron chi connectivity index (χ0n) is 17.0. The van der Waals surface area contributed by atoms with E-state index in [9.17, 15) is 4.79 Å². The van der Waals surface area contributed by atoms with Gasteiger partial charge >= 0.3 is 0 Å². The highest BCUT2D eigenvalue weighted by Gasteiger charge is 2.41. The van der Waals surface area contributed by atoms with Crippen LogP contribution in [0.4, 0.5) is 0 Å². The summed E-state index contributed by atoms with van der Waals surface area (Å²) in [4.78, 5) is 24.2. The second-order valence-electron chi connectivity index (χ2n) is 8.88. The maximum absolute atomic E-state index is 12.4. The molecule has 2 saturated carbocycles. The molecule has 0 radical (unpaired) electrons. The third-order valence-corrected chi connectivity index (χ3v) is 6.73. The highest BCUT2D eigenvalue weighted by atomic mass is 16.2. The topological polar surface area (TPSA) is 51.2 Å². The van der Waals surface area contributed by atoms with Gasteiger partial charge in [-0.05, 0) is 63.2 Å². The SMILES string of the molecule is CCNC(=NCC(C1CC1)C1CC1)N1CCN(CC(=O)N2CCCC2)CC1. The Morgan fingerprint density at radius 2 is 1.59 bits per heavy atom. The molecule has 2 aliphatic heterocycles. The van der Waals surface area contributed by atoms with Crippen LogP contribution >= 0.6 is 0 Å². The van der Waals surface area contributed by atoms with E-state index in [-0.39, 0.29) is 0 Å². The fourth-order valence-corrected chi connectivity index (χ4v) is 4.73. The summed E-state index contributed by atoms with van der Waals surface area (Å²) in [5, 5.41) is 3.51. The number of amides is 1. The molecular weight excluding hydrogens is 338 g/mol. The lowest BCUT2D eigenvalue weighted by Crippen LogP contribution is -2.54. The van der Waals surface area contributed by atoms with E-state index >= 15 is 0 Å². The first-order valence-electron chi connectivity index (χ1n) is 11.3. The molecule has 0 aromatic rings. The van der Waals surface area contributed by atoms with Gasteiger partial charge in [0.1, 0.15) is 0 Å². The summed E-state index contributed by atoms with van der Waals surface area (Å²) < 4.78 is 0. The Kier molecular flexibility index (Phi) is 6.21. The highest BCUT2D eigenvalue weighted by Crippen LogP contribution is 2.49. The Hall–Kier alpha value is -1.30. The minimum atomic E-state index is 0.318. The Morgan fingerprint density at radius 3 is 2.15 bits per heavy atom. The van der Waals surface area contributed by atoms with Gasteiger partial charge < -0.3 is 15.1 Å². The predicted octanol–water partition coefficient (Wildman–Crippen LogP) is 1.63. The lowest BCUT2D eigenvalue weighted by atomic mass is 9.98. The van der Waals surface area contributed by atoms with Gasteiger partial charge in [-0.15, -0.1) is 0 Å². The molecule has 0 bridgehead atoms. The van der Waals surface area contributed by atoms with E-state index in [1.54, 1.807) is 0 Å². The van der Waals surface area contributed by atoms with Crippen molar-refractivity contribution < 1.29 is 4.79 Å². The number of rotatable bonds is 7. The fraction of sp³-hybridized carbons (Fsp3) is 0.905. The van der Waals surface area contributed by atoms with Gasteiger partial charge in [0.05, 0.1) is 6.54 Å². The first-order chi connectivity index (χ1) is 13.2. The molecule has 0 spiro atoms. The number of carbonyl (C=O) groups excluding carboxylic acids is 1. The molecule has 0 aromatic heterocycles. The molecule has 1 N–H and O–H groups in total. The molecule has 1 amide bonds. The summed E-state index contributed by atoms with van der Waals surface area (Å²) in [5.74, 6) is 4.15. The summed E-state index contributed by atoms with van der Waals surface area (Å²) in [6, 6.07) is 0. The molecule has 0 atom stereocenters. The van der Waals surface area contributed by atoms with Gasteiger partial charge in [-0.3, -0.25) is 14.7 Å². The monoisotopic (exact) mass is 375 g/mol. The number of aliphatic imine (C=N–C) groups is 1. The second-order valence-corrected chi connectivity index (χ2v) is 8.88. The summed E-state index contributed by atoms with van der Waals surface area (Å²) in [6.45, 7) is 10.4. The Balaban J connectivity index is 1.26.